The molecule has 0 radical (unpaired) electrons. The van der Waals surface area contributed by atoms with E-state index in [1.807, 2.05) is 26.0 Å². The fourth-order valence-electron chi connectivity index (χ4n) is 2.08. The Balaban J connectivity index is 2.29. The fourth-order valence-corrected chi connectivity index (χ4v) is 2.08. The largest absolute Gasteiger partial charge is 0.314 e. The third-order valence-corrected chi connectivity index (χ3v) is 3.27. The number of hydrogen-bond acceptors (Lipinski definition) is 2. The lowest BCUT2D eigenvalue weighted by atomic mass is 10.1. The summed E-state index contributed by atoms with van der Waals surface area (Å²) in [4.78, 5) is 13.8. The Morgan fingerprint density at radius 2 is 1.82 bits per heavy atom. The molecule has 1 aromatic carbocycles. The Bertz CT molecular complexity index is 489. The highest BCUT2D eigenvalue weighted by Crippen LogP contribution is 2.46. The number of carbonyl (C=O) groups is 1. The molecule has 1 fully saturated rings. The molecule has 0 bridgehead atoms. The summed E-state index contributed by atoms with van der Waals surface area (Å²) in [5, 5.41) is 9.03. The molecule has 0 unspecified atom stereocenters. The minimum atomic E-state index is -0.744. The topological polar surface area (TPSA) is 44.1 Å². The maximum Gasteiger partial charge on any atom is 0.247 e. The van der Waals surface area contributed by atoms with Crippen LogP contribution in [0.1, 0.15) is 24.0 Å². The van der Waals surface area contributed by atoms with Gasteiger partial charge in [0.15, 0.2) is 0 Å². The summed E-state index contributed by atoms with van der Waals surface area (Å²) in [7, 11) is 1.74. The number of anilines is 1. The van der Waals surface area contributed by atoms with Crippen LogP contribution in [0.25, 0.3) is 0 Å². The van der Waals surface area contributed by atoms with E-state index in [9.17, 15) is 4.79 Å². The normalized spacial score (nSPS) is 16.1. The molecule has 3 nitrogen and oxygen atoms in total. The lowest BCUT2D eigenvalue weighted by Gasteiger charge is -2.20. The summed E-state index contributed by atoms with van der Waals surface area (Å²) in [5.74, 6) is -0.0787. The van der Waals surface area contributed by atoms with Crippen molar-refractivity contribution in [2.24, 2.45) is 5.41 Å². The Morgan fingerprint density at radius 1 is 1.29 bits per heavy atom. The van der Waals surface area contributed by atoms with Crippen LogP contribution in [-0.4, -0.2) is 13.0 Å². The monoisotopic (exact) mass is 228 g/mol. The molecular weight excluding hydrogens is 212 g/mol. The van der Waals surface area contributed by atoms with Crippen LogP contribution in [0, 0.1) is 30.6 Å². The molecule has 0 aromatic heterocycles. The number of carbonyl (C=O) groups excluding carboxylic acids is 1. The number of aryl methyl sites for hydroxylation is 2. The van der Waals surface area contributed by atoms with Crippen molar-refractivity contribution >= 4 is 11.6 Å². The van der Waals surface area contributed by atoms with Gasteiger partial charge in [0, 0.05) is 12.7 Å². The van der Waals surface area contributed by atoms with Gasteiger partial charge in [0.1, 0.15) is 5.41 Å². The van der Waals surface area contributed by atoms with Gasteiger partial charge >= 0.3 is 0 Å². The molecule has 88 valence electrons. The van der Waals surface area contributed by atoms with E-state index in [0.29, 0.717) is 12.8 Å². The molecule has 17 heavy (non-hydrogen) atoms. The average Bonchev–Trinajstić information content (AvgIpc) is 3.06. The zero-order valence-electron chi connectivity index (χ0n) is 10.4. The van der Waals surface area contributed by atoms with Crippen molar-refractivity contribution in [3.8, 4) is 6.07 Å². The van der Waals surface area contributed by atoms with Crippen LogP contribution in [0.2, 0.25) is 0 Å². The van der Waals surface area contributed by atoms with Gasteiger partial charge in [-0.05, 0) is 49.9 Å². The highest BCUT2D eigenvalue weighted by Gasteiger charge is 2.52. The Hall–Kier alpha value is -1.82. The number of rotatable bonds is 2. The second-order valence-electron chi connectivity index (χ2n) is 4.90. The number of benzene rings is 1. The summed E-state index contributed by atoms with van der Waals surface area (Å²) in [6, 6.07) is 8.15. The molecule has 0 saturated heterocycles. The number of amides is 1. The van der Waals surface area contributed by atoms with Crippen molar-refractivity contribution in [3.63, 3.8) is 0 Å². The Labute approximate surface area is 102 Å². The molecule has 1 aliphatic rings. The molecule has 1 aromatic rings. The first-order chi connectivity index (χ1) is 7.98. The molecule has 3 heteroatoms. The Kier molecular flexibility index (Phi) is 2.66. The molecule has 0 spiro atoms. The third-order valence-electron chi connectivity index (χ3n) is 3.27. The van der Waals surface area contributed by atoms with Gasteiger partial charge in [-0.15, -0.1) is 0 Å². The van der Waals surface area contributed by atoms with Gasteiger partial charge in [-0.25, -0.2) is 0 Å². The minimum absolute atomic E-state index is 0.0787. The molecule has 2 rings (SSSR count). The van der Waals surface area contributed by atoms with Crippen LogP contribution in [-0.2, 0) is 4.79 Å². The quantitative estimate of drug-likeness (QED) is 0.780. The van der Waals surface area contributed by atoms with E-state index in [0.717, 1.165) is 16.8 Å². The SMILES string of the molecule is Cc1cc(C)cc(N(C)C(=O)C2(C#N)CC2)c1. The number of nitriles is 1. The van der Waals surface area contributed by atoms with E-state index in [4.69, 9.17) is 5.26 Å². The van der Waals surface area contributed by atoms with Crippen molar-refractivity contribution in [2.45, 2.75) is 26.7 Å². The number of hydrogen-bond donors (Lipinski definition) is 0. The second kappa shape index (κ2) is 3.89. The van der Waals surface area contributed by atoms with Crippen molar-refractivity contribution in [1.29, 1.82) is 5.26 Å². The lowest BCUT2D eigenvalue weighted by Crippen LogP contribution is -2.33. The molecular formula is C14H16N2O. The van der Waals surface area contributed by atoms with Gasteiger partial charge in [-0.1, -0.05) is 6.07 Å². The van der Waals surface area contributed by atoms with Gasteiger partial charge in [-0.2, -0.15) is 5.26 Å². The first-order valence-electron chi connectivity index (χ1n) is 5.76. The van der Waals surface area contributed by atoms with Gasteiger partial charge in [-0.3, -0.25) is 4.79 Å². The highest BCUT2D eigenvalue weighted by atomic mass is 16.2. The summed E-state index contributed by atoms with van der Waals surface area (Å²) < 4.78 is 0. The van der Waals surface area contributed by atoms with E-state index in [2.05, 4.69) is 12.1 Å². The highest BCUT2D eigenvalue weighted by molar-refractivity contribution is 6.00. The lowest BCUT2D eigenvalue weighted by molar-refractivity contribution is -0.121. The fraction of sp³-hybridized carbons (Fsp3) is 0.429. The van der Waals surface area contributed by atoms with E-state index < -0.39 is 5.41 Å². The summed E-state index contributed by atoms with van der Waals surface area (Å²) in [6.07, 6.45) is 1.38. The Morgan fingerprint density at radius 3 is 2.24 bits per heavy atom. The van der Waals surface area contributed by atoms with Crippen LogP contribution >= 0.6 is 0 Å². The van der Waals surface area contributed by atoms with Crippen molar-refractivity contribution in [1.82, 2.24) is 0 Å². The standard InChI is InChI=1S/C14H16N2O/c1-10-6-11(2)8-12(7-10)16(3)13(17)14(9-15)4-5-14/h6-8H,4-5H2,1-3H3. The van der Waals surface area contributed by atoms with Gasteiger partial charge < -0.3 is 4.90 Å². The van der Waals surface area contributed by atoms with Gasteiger partial charge in [0.25, 0.3) is 0 Å². The van der Waals surface area contributed by atoms with E-state index in [1.165, 1.54) is 0 Å². The summed E-state index contributed by atoms with van der Waals surface area (Å²) >= 11 is 0. The maximum atomic E-state index is 12.2. The van der Waals surface area contributed by atoms with Crippen molar-refractivity contribution in [2.75, 3.05) is 11.9 Å². The zero-order valence-corrected chi connectivity index (χ0v) is 10.4. The van der Waals surface area contributed by atoms with Crippen LogP contribution in [0.15, 0.2) is 18.2 Å². The molecule has 1 aliphatic carbocycles. The van der Waals surface area contributed by atoms with E-state index in [1.54, 1.807) is 11.9 Å². The van der Waals surface area contributed by atoms with Crippen molar-refractivity contribution in [3.05, 3.63) is 29.3 Å². The average molecular weight is 228 g/mol. The number of nitrogens with zero attached hydrogens (tertiary/aromatic N) is 2. The van der Waals surface area contributed by atoms with Crippen molar-refractivity contribution < 1.29 is 4.79 Å². The maximum absolute atomic E-state index is 12.2. The third kappa shape index (κ3) is 2.03. The first-order valence-corrected chi connectivity index (χ1v) is 5.76. The zero-order chi connectivity index (χ0) is 12.6. The van der Waals surface area contributed by atoms with Crippen LogP contribution < -0.4 is 4.90 Å². The van der Waals surface area contributed by atoms with Crippen LogP contribution in [0.3, 0.4) is 0 Å². The molecule has 1 amide bonds. The van der Waals surface area contributed by atoms with Gasteiger partial charge in [0.05, 0.1) is 6.07 Å². The smallest absolute Gasteiger partial charge is 0.247 e. The van der Waals surface area contributed by atoms with E-state index in [-0.39, 0.29) is 5.91 Å². The van der Waals surface area contributed by atoms with Crippen LogP contribution in [0.5, 0.6) is 0 Å². The first kappa shape index (κ1) is 11.7. The summed E-state index contributed by atoms with van der Waals surface area (Å²) in [6.45, 7) is 4.01. The molecule has 0 heterocycles. The van der Waals surface area contributed by atoms with Crippen LogP contribution in [0.4, 0.5) is 5.69 Å². The predicted octanol–water partition coefficient (Wildman–Crippen LogP) is 2.57. The van der Waals surface area contributed by atoms with Gasteiger partial charge in [0.2, 0.25) is 5.91 Å². The van der Waals surface area contributed by atoms with E-state index >= 15 is 0 Å². The predicted molar refractivity (Wildman–Crippen MR) is 66.6 cm³/mol. The summed E-state index contributed by atoms with van der Waals surface area (Å²) in [5.41, 5.74) is 2.38. The second-order valence-corrected chi connectivity index (χ2v) is 4.90. The molecule has 0 atom stereocenters. The molecule has 0 aliphatic heterocycles. The molecule has 1 saturated carbocycles. The molecule has 0 N–H and O–H groups in total. The minimum Gasteiger partial charge on any atom is -0.314 e.